The fourth-order valence-corrected chi connectivity index (χ4v) is 2.64. The minimum absolute atomic E-state index is 0. The third kappa shape index (κ3) is 10.0. The second kappa shape index (κ2) is 13.1. The summed E-state index contributed by atoms with van der Waals surface area (Å²) >= 11 is 0. The molecule has 0 aromatic heterocycles. The maximum atomic E-state index is 5.82. The van der Waals surface area contributed by atoms with Gasteiger partial charge < -0.3 is 25.0 Å². The Morgan fingerprint density at radius 2 is 2.08 bits per heavy atom. The molecule has 1 heterocycles. The fraction of sp³-hybridized carbons (Fsp3) is 0.941. The van der Waals surface area contributed by atoms with Crippen LogP contribution in [-0.4, -0.2) is 76.1 Å². The molecule has 2 N–H and O–H groups in total. The highest BCUT2D eigenvalue weighted by Gasteiger charge is 2.29. The van der Waals surface area contributed by atoms with Crippen LogP contribution in [0.3, 0.4) is 0 Å². The van der Waals surface area contributed by atoms with Gasteiger partial charge in [-0.3, -0.25) is 4.99 Å². The zero-order chi connectivity index (χ0) is 17.1. The third-order valence-electron chi connectivity index (χ3n) is 4.01. The number of nitrogens with zero attached hydrogens (tertiary/aromatic N) is 2. The lowest BCUT2D eigenvalue weighted by Crippen LogP contribution is -2.43. The molecular weight excluding hydrogens is 419 g/mol. The molecule has 1 fully saturated rings. The zero-order valence-corrected chi connectivity index (χ0v) is 18.4. The molecule has 1 rings (SSSR count). The summed E-state index contributed by atoms with van der Waals surface area (Å²) in [5.41, 5.74) is -0.105. The quantitative estimate of drug-likeness (QED) is 0.300. The van der Waals surface area contributed by atoms with Crippen LogP contribution in [0.4, 0.5) is 0 Å². The summed E-state index contributed by atoms with van der Waals surface area (Å²) in [5, 5.41) is 6.71. The molecule has 2 unspecified atom stereocenters. The highest BCUT2D eigenvalue weighted by atomic mass is 127. The molecule has 0 radical (unpaired) electrons. The molecule has 0 amide bonds. The summed E-state index contributed by atoms with van der Waals surface area (Å²) in [5.74, 6) is 0.846. The van der Waals surface area contributed by atoms with Gasteiger partial charge in [0, 0.05) is 32.8 Å². The van der Waals surface area contributed by atoms with Gasteiger partial charge in [-0.2, -0.15) is 0 Å². The van der Waals surface area contributed by atoms with Crippen molar-refractivity contribution in [3.05, 3.63) is 0 Å². The lowest BCUT2D eigenvalue weighted by molar-refractivity contribution is 0.0283. The van der Waals surface area contributed by atoms with Gasteiger partial charge in [0.05, 0.1) is 18.2 Å². The van der Waals surface area contributed by atoms with Gasteiger partial charge >= 0.3 is 0 Å². The predicted molar refractivity (Wildman–Crippen MR) is 112 cm³/mol. The Morgan fingerprint density at radius 1 is 1.33 bits per heavy atom. The molecule has 1 aliphatic rings. The van der Waals surface area contributed by atoms with Gasteiger partial charge in [-0.1, -0.05) is 0 Å². The first-order chi connectivity index (χ1) is 11.0. The molecule has 1 aliphatic heterocycles. The average Bonchev–Trinajstić information content (AvgIpc) is 2.94. The van der Waals surface area contributed by atoms with E-state index in [1.54, 1.807) is 0 Å². The molecular formula is C17H37IN4O2. The zero-order valence-electron chi connectivity index (χ0n) is 16.1. The van der Waals surface area contributed by atoms with E-state index in [0.717, 1.165) is 58.1 Å². The van der Waals surface area contributed by atoms with Crippen LogP contribution < -0.4 is 10.6 Å². The number of aliphatic imine (C=N–C) groups is 1. The number of guanidine groups is 1. The van der Waals surface area contributed by atoms with Crippen molar-refractivity contribution in [2.75, 3.05) is 53.5 Å². The summed E-state index contributed by atoms with van der Waals surface area (Å²) in [4.78, 5) is 6.88. The van der Waals surface area contributed by atoms with Crippen LogP contribution in [0.5, 0.6) is 0 Å². The average molecular weight is 456 g/mol. The van der Waals surface area contributed by atoms with E-state index in [1.807, 2.05) is 6.92 Å². The van der Waals surface area contributed by atoms with Gasteiger partial charge in [0.1, 0.15) is 0 Å². The first-order valence-electron chi connectivity index (χ1n) is 8.91. The molecule has 6 nitrogen and oxygen atoms in total. The van der Waals surface area contributed by atoms with E-state index in [-0.39, 0.29) is 35.7 Å². The SMILES string of the molecule is CCNC(=NCC1(C)CCCO1)NCC(CCN(C)C)OCC.I. The highest BCUT2D eigenvalue weighted by Crippen LogP contribution is 2.24. The molecule has 0 aromatic rings. The van der Waals surface area contributed by atoms with Crippen molar-refractivity contribution in [3.63, 3.8) is 0 Å². The Labute approximate surface area is 165 Å². The minimum Gasteiger partial charge on any atom is -0.377 e. The van der Waals surface area contributed by atoms with Gasteiger partial charge in [-0.15, -0.1) is 24.0 Å². The van der Waals surface area contributed by atoms with Crippen molar-refractivity contribution >= 4 is 29.9 Å². The normalized spacial score (nSPS) is 22.3. The van der Waals surface area contributed by atoms with Crippen LogP contribution in [0.15, 0.2) is 4.99 Å². The van der Waals surface area contributed by atoms with E-state index in [9.17, 15) is 0 Å². The summed E-state index contributed by atoms with van der Waals surface area (Å²) in [6, 6.07) is 0. The number of rotatable bonds is 10. The van der Waals surface area contributed by atoms with Crippen molar-refractivity contribution in [1.29, 1.82) is 0 Å². The van der Waals surface area contributed by atoms with Crippen molar-refractivity contribution < 1.29 is 9.47 Å². The van der Waals surface area contributed by atoms with Crippen molar-refractivity contribution in [2.24, 2.45) is 4.99 Å². The summed E-state index contributed by atoms with van der Waals surface area (Å²) in [6.07, 6.45) is 3.42. The van der Waals surface area contributed by atoms with Gasteiger partial charge in [0.2, 0.25) is 0 Å². The van der Waals surface area contributed by atoms with E-state index >= 15 is 0 Å². The molecule has 7 heteroatoms. The summed E-state index contributed by atoms with van der Waals surface area (Å²) < 4.78 is 11.6. The van der Waals surface area contributed by atoms with Gasteiger partial charge in [-0.25, -0.2) is 0 Å². The Balaban J connectivity index is 0.00000529. The van der Waals surface area contributed by atoms with Gasteiger partial charge in [0.25, 0.3) is 0 Å². The van der Waals surface area contributed by atoms with Gasteiger partial charge in [-0.05, 0) is 54.1 Å². The maximum absolute atomic E-state index is 5.82. The maximum Gasteiger partial charge on any atom is 0.191 e. The van der Waals surface area contributed by atoms with Crippen LogP contribution in [0.1, 0.15) is 40.0 Å². The fourth-order valence-electron chi connectivity index (χ4n) is 2.64. The van der Waals surface area contributed by atoms with Gasteiger partial charge in [0.15, 0.2) is 5.96 Å². The van der Waals surface area contributed by atoms with E-state index in [2.05, 4.69) is 43.5 Å². The topological polar surface area (TPSA) is 58.1 Å². The Kier molecular flexibility index (Phi) is 13.1. The Bertz CT molecular complexity index is 347. The van der Waals surface area contributed by atoms with Crippen LogP contribution in [0, 0.1) is 0 Å². The lowest BCUT2D eigenvalue weighted by Gasteiger charge is -2.23. The monoisotopic (exact) mass is 456 g/mol. The number of nitrogens with one attached hydrogen (secondary N) is 2. The second-order valence-electron chi connectivity index (χ2n) is 6.65. The standard InChI is InChI=1S/C17H36N4O2.HI/c1-6-18-16(20-14-17(3)10-8-12-23-17)19-13-15(22-7-2)9-11-21(4)5;/h15H,6-14H2,1-5H3,(H2,18,19,20);1H. The number of hydrogen-bond acceptors (Lipinski definition) is 4. The van der Waals surface area contributed by atoms with Crippen LogP contribution >= 0.6 is 24.0 Å². The van der Waals surface area contributed by atoms with E-state index in [0.29, 0.717) is 6.54 Å². The molecule has 1 saturated heterocycles. The smallest absolute Gasteiger partial charge is 0.191 e. The van der Waals surface area contributed by atoms with E-state index < -0.39 is 0 Å². The van der Waals surface area contributed by atoms with Crippen molar-refractivity contribution in [2.45, 2.75) is 51.7 Å². The molecule has 0 saturated carbocycles. The largest absolute Gasteiger partial charge is 0.377 e. The van der Waals surface area contributed by atoms with Crippen molar-refractivity contribution in [3.8, 4) is 0 Å². The van der Waals surface area contributed by atoms with Crippen LogP contribution in [0.2, 0.25) is 0 Å². The number of hydrogen-bond donors (Lipinski definition) is 2. The Hall–Kier alpha value is -0.120. The third-order valence-corrected chi connectivity index (χ3v) is 4.01. The van der Waals surface area contributed by atoms with Crippen LogP contribution in [-0.2, 0) is 9.47 Å². The lowest BCUT2D eigenvalue weighted by atomic mass is 10.0. The summed E-state index contributed by atoms with van der Waals surface area (Å²) in [7, 11) is 4.18. The van der Waals surface area contributed by atoms with E-state index in [4.69, 9.17) is 14.5 Å². The molecule has 2 atom stereocenters. The highest BCUT2D eigenvalue weighted by molar-refractivity contribution is 14.0. The Morgan fingerprint density at radius 3 is 2.62 bits per heavy atom. The molecule has 144 valence electrons. The molecule has 0 spiro atoms. The van der Waals surface area contributed by atoms with Crippen molar-refractivity contribution in [1.82, 2.24) is 15.5 Å². The first kappa shape index (κ1) is 23.9. The predicted octanol–water partition coefficient (Wildman–Crippen LogP) is 2.09. The molecule has 0 aromatic carbocycles. The number of halogens is 1. The first-order valence-corrected chi connectivity index (χ1v) is 8.91. The minimum atomic E-state index is -0.105. The van der Waals surface area contributed by atoms with E-state index in [1.165, 1.54) is 0 Å². The molecule has 0 aliphatic carbocycles. The summed E-state index contributed by atoms with van der Waals surface area (Å²) in [6.45, 7) is 11.2. The number of ether oxygens (including phenoxy) is 2. The molecule has 24 heavy (non-hydrogen) atoms. The molecule has 0 bridgehead atoms. The van der Waals surface area contributed by atoms with Crippen LogP contribution in [0.25, 0.3) is 0 Å². The second-order valence-corrected chi connectivity index (χ2v) is 6.65.